The van der Waals surface area contributed by atoms with Crippen LogP contribution in [0.15, 0.2) is 45.5 Å². The molecule has 4 nitrogen and oxygen atoms in total. The Morgan fingerprint density at radius 3 is 2.67 bits per heavy atom. The average Bonchev–Trinajstić information content (AvgIpc) is 2.97. The first-order valence-corrected chi connectivity index (χ1v) is 7.80. The summed E-state index contributed by atoms with van der Waals surface area (Å²) in [4.78, 5) is 12.8. The molecule has 2 aromatic rings. The van der Waals surface area contributed by atoms with Gasteiger partial charge in [-0.3, -0.25) is 4.79 Å². The largest absolute Gasteiger partial charge is 0.483 e. The number of hydrogen-bond donors (Lipinski definition) is 0. The summed E-state index contributed by atoms with van der Waals surface area (Å²) < 4.78 is 49.1. The molecule has 24 heavy (non-hydrogen) atoms. The number of amides is 1. The van der Waals surface area contributed by atoms with Gasteiger partial charge in [-0.1, -0.05) is 6.07 Å². The van der Waals surface area contributed by atoms with Crippen molar-refractivity contribution in [3.63, 3.8) is 0 Å². The SMILES string of the molecule is Cc1ccc(OCC(=O)N(Cc2ccco2)CC(F)(F)F)c(Br)c1. The van der Waals surface area contributed by atoms with E-state index < -0.39 is 25.2 Å². The fraction of sp³-hybridized carbons (Fsp3) is 0.312. The fourth-order valence-corrected chi connectivity index (χ4v) is 2.60. The minimum absolute atomic E-state index is 0.268. The van der Waals surface area contributed by atoms with Crippen LogP contribution in [-0.2, 0) is 11.3 Å². The molecule has 1 amide bonds. The van der Waals surface area contributed by atoms with Gasteiger partial charge in [0.05, 0.1) is 17.3 Å². The molecule has 1 aromatic heterocycles. The summed E-state index contributed by atoms with van der Waals surface area (Å²) in [5, 5.41) is 0. The van der Waals surface area contributed by atoms with Crippen LogP contribution in [0, 0.1) is 6.92 Å². The van der Waals surface area contributed by atoms with E-state index >= 15 is 0 Å². The molecule has 0 fully saturated rings. The van der Waals surface area contributed by atoms with Gasteiger partial charge in [0.15, 0.2) is 6.61 Å². The van der Waals surface area contributed by atoms with Gasteiger partial charge in [0.1, 0.15) is 18.1 Å². The summed E-state index contributed by atoms with van der Waals surface area (Å²) in [6, 6.07) is 8.27. The minimum Gasteiger partial charge on any atom is -0.483 e. The van der Waals surface area contributed by atoms with E-state index in [0.717, 1.165) is 5.56 Å². The van der Waals surface area contributed by atoms with Gasteiger partial charge >= 0.3 is 6.18 Å². The first-order valence-electron chi connectivity index (χ1n) is 7.00. The summed E-state index contributed by atoms with van der Waals surface area (Å²) in [6.07, 6.45) is -3.17. The van der Waals surface area contributed by atoms with Crippen LogP contribution in [-0.4, -0.2) is 30.1 Å². The lowest BCUT2D eigenvalue weighted by atomic mass is 10.2. The molecular weight excluding hydrogens is 391 g/mol. The molecule has 1 aromatic carbocycles. The fourth-order valence-electron chi connectivity index (χ4n) is 1.99. The first-order chi connectivity index (χ1) is 11.2. The van der Waals surface area contributed by atoms with Gasteiger partial charge < -0.3 is 14.1 Å². The van der Waals surface area contributed by atoms with E-state index in [9.17, 15) is 18.0 Å². The van der Waals surface area contributed by atoms with Gasteiger partial charge in [0.2, 0.25) is 0 Å². The van der Waals surface area contributed by atoms with Crippen LogP contribution in [0.3, 0.4) is 0 Å². The Balaban J connectivity index is 2.03. The zero-order valence-corrected chi connectivity index (χ0v) is 14.4. The summed E-state index contributed by atoms with van der Waals surface area (Å²) in [5.41, 5.74) is 0.983. The Labute approximate surface area is 145 Å². The zero-order valence-electron chi connectivity index (χ0n) is 12.8. The smallest absolute Gasteiger partial charge is 0.406 e. The highest BCUT2D eigenvalue weighted by atomic mass is 79.9. The number of carbonyl (C=O) groups is 1. The standard InChI is InChI=1S/C16H15BrF3NO3/c1-11-4-5-14(13(17)7-11)24-9-15(22)21(10-16(18,19)20)8-12-3-2-6-23-12/h2-7H,8-10H2,1H3. The molecule has 0 saturated carbocycles. The zero-order chi connectivity index (χ0) is 17.7. The number of carbonyl (C=O) groups excluding carboxylic acids is 1. The number of benzene rings is 1. The molecule has 0 spiro atoms. The lowest BCUT2D eigenvalue weighted by Crippen LogP contribution is -2.40. The molecule has 0 saturated heterocycles. The number of halogens is 4. The molecule has 8 heteroatoms. The van der Waals surface area contributed by atoms with Crippen molar-refractivity contribution in [2.45, 2.75) is 19.6 Å². The number of furan rings is 1. The maximum absolute atomic E-state index is 12.7. The molecule has 0 radical (unpaired) electrons. The van der Waals surface area contributed by atoms with Crippen molar-refractivity contribution in [2.75, 3.05) is 13.2 Å². The Bertz CT molecular complexity index is 686. The van der Waals surface area contributed by atoms with E-state index in [0.29, 0.717) is 15.1 Å². The van der Waals surface area contributed by atoms with E-state index in [4.69, 9.17) is 9.15 Å². The van der Waals surface area contributed by atoms with Crippen LogP contribution in [0.4, 0.5) is 13.2 Å². The predicted octanol–water partition coefficient (Wildman–Crippen LogP) is 4.32. The highest BCUT2D eigenvalue weighted by Crippen LogP contribution is 2.26. The molecule has 0 aliphatic heterocycles. The second kappa shape index (κ2) is 7.74. The highest BCUT2D eigenvalue weighted by molar-refractivity contribution is 9.10. The number of alkyl halides is 3. The predicted molar refractivity (Wildman–Crippen MR) is 84.6 cm³/mol. The van der Waals surface area contributed by atoms with Gasteiger partial charge in [-0.2, -0.15) is 13.2 Å². The van der Waals surface area contributed by atoms with E-state index in [-0.39, 0.29) is 12.3 Å². The second-order valence-corrected chi connectivity index (χ2v) is 6.02. The van der Waals surface area contributed by atoms with Gasteiger partial charge in [0.25, 0.3) is 5.91 Å². The highest BCUT2D eigenvalue weighted by Gasteiger charge is 2.33. The van der Waals surface area contributed by atoms with Crippen molar-refractivity contribution < 1.29 is 27.1 Å². The Morgan fingerprint density at radius 2 is 2.08 bits per heavy atom. The van der Waals surface area contributed by atoms with Gasteiger partial charge in [-0.15, -0.1) is 0 Å². The van der Waals surface area contributed by atoms with Crippen molar-refractivity contribution in [2.24, 2.45) is 0 Å². The van der Waals surface area contributed by atoms with Crippen molar-refractivity contribution in [1.29, 1.82) is 0 Å². The summed E-state index contributed by atoms with van der Waals surface area (Å²) in [7, 11) is 0. The lowest BCUT2D eigenvalue weighted by molar-refractivity contribution is -0.164. The third kappa shape index (κ3) is 5.59. The Hall–Kier alpha value is -1.96. The third-order valence-corrected chi connectivity index (χ3v) is 3.71. The average molecular weight is 406 g/mol. The molecule has 0 bridgehead atoms. The third-order valence-electron chi connectivity index (χ3n) is 3.09. The molecule has 0 atom stereocenters. The van der Waals surface area contributed by atoms with Crippen LogP contribution >= 0.6 is 15.9 Å². The van der Waals surface area contributed by atoms with Crippen molar-refractivity contribution >= 4 is 21.8 Å². The van der Waals surface area contributed by atoms with Crippen molar-refractivity contribution in [1.82, 2.24) is 4.90 Å². The van der Waals surface area contributed by atoms with Gasteiger partial charge in [0, 0.05) is 0 Å². The molecule has 0 unspecified atom stereocenters. The van der Waals surface area contributed by atoms with Crippen LogP contribution in [0.25, 0.3) is 0 Å². The molecule has 2 rings (SSSR count). The molecule has 1 heterocycles. The molecule has 0 N–H and O–H groups in total. The molecule has 0 aliphatic rings. The number of hydrogen-bond acceptors (Lipinski definition) is 3. The number of ether oxygens (including phenoxy) is 1. The summed E-state index contributed by atoms with van der Waals surface area (Å²) >= 11 is 3.29. The van der Waals surface area contributed by atoms with E-state index in [1.807, 2.05) is 6.92 Å². The summed E-state index contributed by atoms with van der Waals surface area (Å²) in [6.45, 7) is -0.263. The molecule has 0 aliphatic carbocycles. The van der Waals surface area contributed by atoms with Crippen LogP contribution in [0.1, 0.15) is 11.3 Å². The van der Waals surface area contributed by atoms with Crippen molar-refractivity contribution in [3.8, 4) is 5.75 Å². The Morgan fingerprint density at radius 1 is 1.33 bits per heavy atom. The minimum atomic E-state index is -4.51. The monoisotopic (exact) mass is 405 g/mol. The van der Waals surface area contributed by atoms with Gasteiger partial charge in [-0.25, -0.2) is 0 Å². The summed E-state index contributed by atoms with van der Waals surface area (Å²) in [5.74, 6) is -0.126. The Kier molecular flexibility index (Phi) is 5.93. The van der Waals surface area contributed by atoms with E-state index in [1.54, 1.807) is 24.3 Å². The normalized spacial score (nSPS) is 11.4. The van der Waals surface area contributed by atoms with Crippen LogP contribution in [0.2, 0.25) is 0 Å². The maximum atomic E-state index is 12.7. The van der Waals surface area contributed by atoms with Crippen LogP contribution in [0.5, 0.6) is 5.75 Å². The maximum Gasteiger partial charge on any atom is 0.406 e. The first kappa shape index (κ1) is 18.4. The number of rotatable bonds is 6. The van der Waals surface area contributed by atoms with Crippen molar-refractivity contribution in [3.05, 3.63) is 52.4 Å². The van der Waals surface area contributed by atoms with Crippen LogP contribution < -0.4 is 4.74 Å². The number of aryl methyl sites for hydroxylation is 1. The topological polar surface area (TPSA) is 42.7 Å². The molecule has 130 valence electrons. The van der Waals surface area contributed by atoms with Gasteiger partial charge in [-0.05, 0) is 52.7 Å². The number of nitrogens with zero attached hydrogens (tertiary/aromatic N) is 1. The second-order valence-electron chi connectivity index (χ2n) is 5.17. The van der Waals surface area contributed by atoms with E-state index in [2.05, 4.69) is 15.9 Å². The quantitative estimate of drug-likeness (QED) is 0.718. The van der Waals surface area contributed by atoms with E-state index in [1.165, 1.54) is 12.3 Å². The lowest BCUT2D eigenvalue weighted by Gasteiger charge is -2.23. The molecular formula is C16H15BrF3NO3.